The molecule has 0 atom stereocenters. The van der Waals surface area contributed by atoms with Gasteiger partial charge in [0.05, 0.1) is 24.8 Å². The summed E-state index contributed by atoms with van der Waals surface area (Å²) in [6.07, 6.45) is 2.30. The molecule has 0 unspecified atom stereocenters. The van der Waals surface area contributed by atoms with Gasteiger partial charge in [-0.2, -0.15) is 0 Å². The minimum absolute atomic E-state index is 0.0153. The molecule has 0 N–H and O–H groups in total. The van der Waals surface area contributed by atoms with E-state index in [1.807, 2.05) is 65.6 Å². The van der Waals surface area contributed by atoms with Crippen LogP contribution in [0.25, 0.3) is 32.1 Å². The van der Waals surface area contributed by atoms with Crippen LogP contribution in [-0.4, -0.2) is 26.9 Å². The summed E-state index contributed by atoms with van der Waals surface area (Å²) in [6.45, 7) is 1.54. The van der Waals surface area contributed by atoms with Crippen molar-refractivity contribution in [3.05, 3.63) is 135 Å². The maximum Gasteiger partial charge on any atom is 0.262 e. The van der Waals surface area contributed by atoms with Crippen LogP contribution in [0.1, 0.15) is 26.4 Å². The highest BCUT2D eigenvalue weighted by molar-refractivity contribution is 7.18. The van der Waals surface area contributed by atoms with Gasteiger partial charge >= 0.3 is 0 Å². The Balaban J connectivity index is 1.16. The van der Waals surface area contributed by atoms with Gasteiger partial charge < -0.3 is 4.90 Å². The molecule has 0 saturated heterocycles. The molecule has 7 rings (SSSR count). The van der Waals surface area contributed by atoms with Crippen LogP contribution >= 0.6 is 11.3 Å². The van der Waals surface area contributed by atoms with Crippen molar-refractivity contribution in [2.75, 3.05) is 6.54 Å². The van der Waals surface area contributed by atoms with E-state index in [1.54, 1.807) is 10.9 Å². The molecule has 0 saturated carbocycles. The lowest BCUT2D eigenvalue weighted by Crippen LogP contribution is -2.35. The molecule has 6 heteroatoms. The van der Waals surface area contributed by atoms with Crippen molar-refractivity contribution in [1.82, 2.24) is 14.5 Å². The summed E-state index contributed by atoms with van der Waals surface area (Å²) in [7, 11) is 0. The molecule has 190 valence electrons. The van der Waals surface area contributed by atoms with Gasteiger partial charge in [-0.25, -0.2) is 4.98 Å². The largest absolute Gasteiger partial charge is 0.333 e. The minimum atomic E-state index is -0.0153. The average molecular weight is 528 g/mol. The lowest BCUT2D eigenvalue weighted by molar-refractivity contribution is 0.0739. The molecule has 0 fully saturated rings. The van der Waals surface area contributed by atoms with E-state index in [4.69, 9.17) is 0 Å². The molecular formula is C33H25N3O2S. The first kappa shape index (κ1) is 23.6. The number of hydrogen-bond donors (Lipinski definition) is 0. The molecule has 1 aliphatic rings. The zero-order chi connectivity index (χ0) is 26.3. The minimum Gasteiger partial charge on any atom is -0.333 e. The van der Waals surface area contributed by atoms with Crippen LogP contribution in [0.4, 0.5) is 0 Å². The first-order valence-electron chi connectivity index (χ1n) is 13.1. The van der Waals surface area contributed by atoms with Crippen LogP contribution < -0.4 is 5.56 Å². The third-order valence-electron chi connectivity index (χ3n) is 7.55. The molecule has 6 aromatic rings. The van der Waals surface area contributed by atoms with Gasteiger partial charge in [0.25, 0.3) is 11.5 Å². The summed E-state index contributed by atoms with van der Waals surface area (Å²) >= 11 is 1.53. The number of carbonyl (C=O) groups excluding carboxylic acids is 1. The van der Waals surface area contributed by atoms with Crippen molar-refractivity contribution in [2.45, 2.75) is 19.5 Å². The third kappa shape index (κ3) is 4.23. The van der Waals surface area contributed by atoms with E-state index < -0.39 is 0 Å². The highest BCUT2D eigenvalue weighted by Crippen LogP contribution is 2.33. The monoisotopic (exact) mass is 527 g/mol. The van der Waals surface area contributed by atoms with Crippen molar-refractivity contribution in [2.24, 2.45) is 0 Å². The maximum absolute atomic E-state index is 13.6. The number of fused-ring (bicyclic) bond motifs is 4. The van der Waals surface area contributed by atoms with Crippen LogP contribution in [-0.2, 0) is 19.5 Å². The molecular weight excluding hydrogens is 502 g/mol. The van der Waals surface area contributed by atoms with Crippen molar-refractivity contribution in [3.8, 4) is 11.1 Å². The molecule has 5 nitrogen and oxygen atoms in total. The van der Waals surface area contributed by atoms with E-state index in [9.17, 15) is 9.59 Å². The smallest absolute Gasteiger partial charge is 0.262 e. The van der Waals surface area contributed by atoms with Gasteiger partial charge in [0.1, 0.15) is 4.83 Å². The molecule has 0 radical (unpaired) electrons. The highest BCUT2D eigenvalue weighted by Gasteiger charge is 2.27. The number of benzene rings is 4. The third-order valence-corrected chi connectivity index (χ3v) is 8.67. The highest BCUT2D eigenvalue weighted by atomic mass is 32.1. The first-order chi connectivity index (χ1) is 19.2. The summed E-state index contributed by atoms with van der Waals surface area (Å²) in [4.78, 5) is 35.5. The zero-order valence-electron chi connectivity index (χ0n) is 21.2. The van der Waals surface area contributed by atoms with E-state index in [0.717, 1.165) is 42.7 Å². The van der Waals surface area contributed by atoms with Gasteiger partial charge in [-0.05, 0) is 45.5 Å². The van der Waals surface area contributed by atoms with Crippen molar-refractivity contribution >= 4 is 38.2 Å². The Kier molecular flexibility index (Phi) is 5.82. The Labute approximate surface area is 229 Å². The number of thiophene rings is 1. The standard InChI is InChI=1S/C33H25N3O2S/c37-32(27-12-6-10-25-9-4-5-11-26(25)27)35-18-17-28-29(20-35)39-31-30(28)33(38)36(21-34-31)19-22-13-15-24(16-14-22)23-7-2-1-3-8-23/h1-16,21H,17-20H2. The number of aromatic nitrogens is 2. The van der Waals surface area contributed by atoms with E-state index in [0.29, 0.717) is 31.4 Å². The van der Waals surface area contributed by atoms with E-state index in [-0.39, 0.29) is 11.5 Å². The lowest BCUT2D eigenvalue weighted by Gasteiger charge is -2.27. The number of carbonyl (C=O) groups is 1. The van der Waals surface area contributed by atoms with Crippen molar-refractivity contribution < 1.29 is 4.79 Å². The van der Waals surface area contributed by atoms with E-state index in [2.05, 4.69) is 41.4 Å². The molecule has 0 aliphatic carbocycles. The Hall–Kier alpha value is -4.55. The van der Waals surface area contributed by atoms with Gasteiger partial charge in [-0.3, -0.25) is 14.2 Å². The van der Waals surface area contributed by atoms with Crippen molar-refractivity contribution in [1.29, 1.82) is 0 Å². The quantitative estimate of drug-likeness (QED) is 0.262. The molecule has 3 heterocycles. The number of rotatable bonds is 4. The Morgan fingerprint density at radius 2 is 1.59 bits per heavy atom. The fourth-order valence-electron chi connectivity index (χ4n) is 5.52. The summed E-state index contributed by atoms with van der Waals surface area (Å²) in [6, 6.07) is 32.4. The molecule has 1 amide bonds. The van der Waals surface area contributed by atoms with Crippen LogP contribution in [0.3, 0.4) is 0 Å². The van der Waals surface area contributed by atoms with Crippen LogP contribution in [0, 0.1) is 0 Å². The number of amides is 1. The Morgan fingerprint density at radius 3 is 2.44 bits per heavy atom. The Bertz CT molecular complexity index is 1900. The normalized spacial score (nSPS) is 13.1. The lowest BCUT2D eigenvalue weighted by atomic mass is 10.0. The fourth-order valence-corrected chi connectivity index (χ4v) is 6.71. The van der Waals surface area contributed by atoms with E-state index >= 15 is 0 Å². The topological polar surface area (TPSA) is 55.2 Å². The van der Waals surface area contributed by atoms with Crippen LogP contribution in [0.15, 0.2) is 108 Å². The molecule has 1 aliphatic heterocycles. The van der Waals surface area contributed by atoms with Gasteiger partial charge in [-0.1, -0.05) is 91.0 Å². The van der Waals surface area contributed by atoms with Crippen molar-refractivity contribution in [3.63, 3.8) is 0 Å². The predicted octanol–water partition coefficient (Wildman–Crippen LogP) is 6.53. The zero-order valence-corrected chi connectivity index (χ0v) is 22.0. The maximum atomic E-state index is 13.6. The van der Waals surface area contributed by atoms with E-state index in [1.165, 1.54) is 16.9 Å². The fraction of sp³-hybridized carbons (Fsp3) is 0.121. The predicted molar refractivity (Wildman–Crippen MR) is 157 cm³/mol. The Morgan fingerprint density at radius 1 is 0.846 bits per heavy atom. The van der Waals surface area contributed by atoms with Gasteiger partial charge in [0, 0.05) is 17.0 Å². The SMILES string of the molecule is O=C(c1cccc2ccccc12)N1CCc2c(sc3ncn(Cc4ccc(-c5ccccc5)cc4)c(=O)c23)C1. The summed E-state index contributed by atoms with van der Waals surface area (Å²) in [5.41, 5.74) is 5.11. The molecule has 0 bridgehead atoms. The summed E-state index contributed by atoms with van der Waals surface area (Å²) < 4.78 is 1.69. The molecule has 2 aromatic heterocycles. The summed E-state index contributed by atoms with van der Waals surface area (Å²) in [5.74, 6) is 0.0271. The summed E-state index contributed by atoms with van der Waals surface area (Å²) in [5, 5.41) is 2.73. The van der Waals surface area contributed by atoms with Crippen LogP contribution in [0.2, 0.25) is 0 Å². The van der Waals surface area contributed by atoms with Gasteiger partial charge in [0.2, 0.25) is 0 Å². The van der Waals surface area contributed by atoms with Gasteiger partial charge in [-0.15, -0.1) is 11.3 Å². The average Bonchev–Trinajstić information content (AvgIpc) is 3.37. The number of hydrogen-bond acceptors (Lipinski definition) is 4. The van der Waals surface area contributed by atoms with Crippen LogP contribution in [0.5, 0.6) is 0 Å². The molecule has 4 aromatic carbocycles. The second-order valence-corrected chi connectivity index (χ2v) is 11.0. The molecule has 39 heavy (non-hydrogen) atoms. The second-order valence-electron chi connectivity index (χ2n) is 9.93. The second kappa shape index (κ2) is 9.64. The molecule has 0 spiro atoms. The number of nitrogens with zero attached hydrogens (tertiary/aromatic N) is 3. The van der Waals surface area contributed by atoms with Gasteiger partial charge in [0.15, 0.2) is 0 Å². The first-order valence-corrected chi connectivity index (χ1v) is 13.9.